The molecule has 8 rings (SSSR count). The molecule has 0 aliphatic carbocycles. The van der Waals surface area contributed by atoms with Crippen LogP contribution >= 0.6 is 14.5 Å². The SMILES string of the molecule is CC(=O)OCC(OC(C)=O)[C@H]1O[C@@H](OP(=O)(O)OP(O)(=S)OC[C@H]2O[C@@H](n3cnc4c(NC(c5ccccc5)(c5ccccc5)c5ccccc5)ncnc43)[C@@H]3OC(C)(C)O[C@@H]32)[C@@H](OC(C)=O)[C@@H](OC(C)=O)[C@@H]1OC(C)=O. The average molecular weight is 1130 g/mol. The molecule has 3 N–H and O–H groups in total. The first kappa shape index (κ1) is 57.1. The molecule has 77 heavy (non-hydrogen) atoms. The van der Waals surface area contributed by atoms with Gasteiger partial charge in [-0.3, -0.25) is 33.1 Å². The Kier molecular flexibility index (Phi) is 17.4. The maximum atomic E-state index is 13.9. The van der Waals surface area contributed by atoms with Crippen molar-refractivity contribution in [2.75, 3.05) is 18.5 Å². The van der Waals surface area contributed by atoms with E-state index in [-0.39, 0.29) is 0 Å². The van der Waals surface area contributed by atoms with E-state index in [1.165, 1.54) is 12.7 Å². The number of phosphoric ester groups is 1. The molecule has 28 heteroatoms. The van der Waals surface area contributed by atoms with E-state index in [9.17, 15) is 38.3 Å². The molecule has 0 bridgehead atoms. The Hall–Kier alpha value is -6.12. The summed E-state index contributed by atoms with van der Waals surface area (Å²) in [6, 6.07) is 29.7. The van der Waals surface area contributed by atoms with Gasteiger partial charge < -0.3 is 62.3 Å². The molecule has 25 nitrogen and oxygen atoms in total. The quantitative estimate of drug-likeness (QED) is 0.0398. The number of esters is 5. The lowest BCUT2D eigenvalue weighted by molar-refractivity contribution is -0.301. The Balaban J connectivity index is 1.04. The highest BCUT2D eigenvalue weighted by Gasteiger charge is 2.59. The van der Waals surface area contributed by atoms with Crippen molar-refractivity contribution < 1.29 is 94.3 Å². The van der Waals surface area contributed by atoms with E-state index >= 15 is 0 Å². The van der Waals surface area contributed by atoms with Crippen LogP contribution < -0.4 is 5.32 Å². The number of aromatic nitrogens is 4. The predicted molar refractivity (Wildman–Crippen MR) is 268 cm³/mol. The standard InChI is InChI=1S/C49H55N5O20P2S/c1-27(55)63-23-35(65-28(2)56)38-40(66-29(3)57)41(67-30(4)58)43(68-31(5)59)47(70-38)73-75(60,61)74-76(62,77)64-24-36-39-42(72-48(6,7)71-39)46(69-36)54-26-52-37-44(50-25-51-45(37)54)53-49(32-17-11-8-12-18-32,33-19-13-9-14-20-33)34-21-15-10-16-22-34/h8-22,25-26,35-36,38-43,46-47H,23-24H2,1-7H3,(H,60,61)(H,62,77)(H,50,51,53)/t35?,36-,38-,39-,40-,41+,42-,43+,46-,47+,76?/m1/s1. The molecular weight excluding hydrogens is 1070 g/mol. The van der Waals surface area contributed by atoms with Gasteiger partial charge in [0.1, 0.15) is 42.9 Å². The van der Waals surface area contributed by atoms with Gasteiger partial charge in [0, 0.05) is 34.6 Å². The van der Waals surface area contributed by atoms with Gasteiger partial charge in [0.2, 0.25) is 6.29 Å². The van der Waals surface area contributed by atoms with Gasteiger partial charge in [-0.25, -0.2) is 23.8 Å². The Bertz CT molecular complexity index is 2950. The van der Waals surface area contributed by atoms with Crippen LogP contribution in [0.5, 0.6) is 0 Å². The number of nitrogens with one attached hydrogen (secondary N) is 1. The van der Waals surface area contributed by atoms with E-state index in [0.717, 1.165) is 51.3 Å². The van der Waals surface area contributed by atoms with Gasteiger partial charge in [0.15, 0.2) is 53.4 Å². The number of ether oxygens (including phenoxy) is 9. The molecule has 5 heterocycles. The highest BCUT2D eigenvalue weighted by atomic mass is 32.5. The molecule has 0 radical (unpaired) electrons. The summed E-state index contributed by atoms with van der Waals surface area (Å²) in [5.74, 6) is -5.74. The lowest BCUT2D eigenvalue weighted by Gasteiger charge is -2.45. The van der Waals surface area contributed by atoms with Crippen molar-refractivity contribution in [3.8, 4) is 0 Å². The Labute approximate surface area is 445 Å². The van der Waals surface area contributed by atoms with Crippen LogP contribution in [0, 0.1) is 0 Å². The first-order chi connectivity index (χ1) is 36.5. The van der Waals surface area contributed by atoms with Crippen molar-refractivity contribution in [2.45, 2.75) is 121 Å². The van der Waals surface area contributed by atoms with Gasteiger partial charge >= 0.3 is 44.4 Å². The summed E-state index contributed by atoms with van der Waals surface area (Å²) in [6.45, 7) is 1.91. The zero-order valence-corrected chi connectivity index (χ0v) is 44.9. The number of phosphoric acid groups is 1. The molecule has 0 saturated carbocycles. The first-order valence-corrected chi connectivity index (χ1v) is 27.9. The molecule has 0 amide bonds. The number of carbonyl (C=O) groups excluding carboxylic acids is 5. The van der Waals surface area contributed by atoms with E-state index in [1.807, 2.05) is 91.0 Å². The molecule has 3 fully saturated rings. The number of carbonyl (C=O) groups is 5. The van der Waals surface area contributed by atoms with Crippen molar-refractivity contribution in [3.05, 3.63) is 120 Å². The largest absolute Gasteiger partial charge is 0.481 e. The molecule has 3 saturated heterocycles. The lowest BCUT2D eigenvalue weighted by atomic mass is 9.77. The van der Waals surface area contributed by atoms with Crippen LogP contribution in [0.4, 0.5) is 5.82 Å². The van der Waals surface area contributed by atoms with Crippen LogP contribution in [0.15, 0.2) is 104 Å². The molecule has 3 aromatic carbocycles. The number of hydrogen-bond acceptors (Lipinski definition) is 23. The minimum absolute atomic E-state index is 0.332. The average Bonchev–Trinajstić information content (AvgIpc) is 4.18. The second-order valence-electron chi connectivity index (χ2n) is 18.2. The normalized spacial score (nSPS) is 25.8. The smallest absolute Gasteiger partial charge is 0.462 e. The fourth-order valence-corrected chi connectivity index (χ4v) is 12.5. The summed E-state index contributed by atoms with van der Waals surface area (Å²) in [6.07, 6.45) is -12.7. The molecule has 5 aromatic rings. The highest BCUT2D eigenvalue weighted by molar-refractivity contribution is 8.08. The molecule has 12 atom stereocenters. The van der Waals surface area contributed by atoms with Crippen molar-refractivity contribution in [3.63, 3.8) is 0 Å². The summed E-state index contributed by atoms with van der Waals surface area (Å²) in [4.78, 5) is 98.1. The Morgan fingerprint density at radius 2 is 1.29 bits per heavy atom. The minimum Gasteiger partial charge on any atom is -0.462 e. The van der Waals surface area contributed by atoms with E-state index in [1.54, 1.807) is 18.4 Å². The van der Waals surface area contributed by atoms with E-state index in [2.05, 4.69) is 10.3 Å². The van der Waals surface area contributed by atoms with Crippen LogP contribution in [0.1, 0.15) is 71.4 Å². The number of fused-ring (bicyclic) bond motifs is 2. The summed E-state index contributed by atoms with van der Waals surface area (Å²) >= 11 is 5.20. The maximum Gasteiger partial charge on any atom is 0.481 e. The van der Waals surface area contributed by atoms with Crippen LogP contribution in [0.25, 0.3) is 11.2 Å². The van der Waals surface area contributed by atoms with E-state index < -0.39 is 130 Å². The zero-order valence-electron chi connectivity index (χ0n) is 42.3. The second-order valence-corrected chi connectivity index (χ2v) is 22.6. The first-order valence-electron chi connectivity index (χ1n) is 23.8. The van der Waals surface area contributed by atoms with Gasteiger partial charge in [-0.05, 0) is 42.3 Å². The van der Waals surface area contributed by atoms with Crippen LogP contribution in [0.3, 0.4) is 0 Å². The number of hydrogen-bond donors (Lipinski definition) is 3. The van der Waals surface area contributed by atoms with Gasteiger partial charge in [-0.15, -0.1) is 0 Å². The van der Waals surface area contributed by atoms with Gasteiger partial charge in [-0.2, -0.15) is 0 Å². The summed E-state index contributed by atoms with van der Waals surface area (Å²) in [5.41, 5.74) is 2.46. The summed E-state index contributed by atoms with van der Waals surface area (Å²) in [7, 11) is -5.77. The molecule has 3 unspecified atom stereocenters. The molecule has 3 aliphatic heterocycles. The van der Waals surface area contributed by atoms with Gasteiger partial charge in [0.05, 0.1) is 12.9 Å². The monoisotopic (exact) mass is 1130 g/mol. The van der Waals surface area contributed by atoms with E-state index in [0.29, 0.717) is 17.0 Å². The van der Waals surface area contributed by atoms with Crippen molar-refractivity contribution in [1.29, 1.82) is 0 Å². The van der Waals surface area contributed by atoms with Crippen molar-refractivity contribution in [2.24, 2.45) is 0 Å². The lowest BCUT2D eigenvalue weighted by Crippen LogP contribution is -2.65. The van der Waals surface area contributed by atoms with Gasteiger partial charge in [0.25, 0.3) is 0 Å². The van der Waals surface area contributed by atoms with Crippen molar-refractivity contribution >= 4 is 73.2 Å². The number of benzene rings is 3. The fourth-order valence-electron chi connectivity index (χ4n) is 9.37. The third-order valence-electron chi connectivity index (χ3n) is 12.1. The summed E-state index contributed by atoms with van der Waals surface area (Å²) in [5, 5.41) is 3.74. The van der Waals surface area contributed by atoms with Crippen LogP contribution in [-0.2, 0) is 102 Å². The van der Waals surface area contributed by atoms with Crippen LogP contribution in [-0.4, -0.2) is 133 Å². The Morgan fingerprint density at radius 3 is 1.83 bits per heavy atom. The summed E-state index contributed by atoms with van der Waals surface area (Å²) < 4.78 is 83.0. The molecule has 3 aliphatic rings. The molecule has 0 spiro atoms. The zero-order chi connectivity index (χ0) is 55.5. The fraction of sp³-hybridized carbons (Fsp3) is 0.429. The van der Waals surface area contributed by atoms with Crippen molar-refractivity contribution in [1.82, 2.24) is 19.5 Å². The van der Waals surface area contributed by atoms with Gasteiger partial charge in [-0.1, -0.05) is 91.0 Å². The topological polar surface area (TPSA) is 309 Å². The third-order valence-corrected chi connectivity index (χ3v) is 15.6. The predicted octanol–water partition coefficient (Wildman–Crippen LogP) is 5.03. The number of imidazole rings is 1. The Morgan fingerprint density at radius 1 is 0.740 bits per heavy atom. The number of anilines is 1. The molecular formula is C49H55N5O20P2S. The highest BCUT2D eigenvalue weighted by Crippen LogP contribution is 2.62. The second kappa shape index (κ2) is 23.5. The minimum atomic E-state index is -5.77. The van der Waals surface area contributed by atoms with E-state index in [4.69, 9.17) is 77.8 Å². The molecule has 2 aromatic heterocycles. The maximum absolute atomic E-state index is 13.9. The number of rotatable bonds is 20. The van der Waals surface area contributed by atoms with Crippen LogP contribution in [0.2, 0.25) is 0 Å². The molecule has 412 valence electrons. The third kappa shape index (κ3) is 13.3. The number of nitrogens with zero attached hydrogens (tertiary/aromatic N) is 4.